The van der Waals surface area contributed by atoms with E-state index in [2.05, 4.69) is 10.6 Å². The Morgan fingerprint density at radius 1 is 1.00 bits per heavy atom. The van der Waals surface area contributed by atoms with Crippen molar-refractivity contribution in [3.63, 3.8) is 0 Å². The van der Waals surface area contributed by atoms with Crippen LogP contribution in [0, 0.1) is 5.92 Å². The monoisotopic (exact) mass is 423 g/mol. The number of nitrogens with one attached hydrogen (secondary N) is 2. The molecule has 1 fully saturated rings. The van der Waals surface area contributed by atoms with Gasteiger partial charge in [0.05, 0.1) is 18.9 Å². The van der Waals surface area contributed by atoms with Crippen LogP contribution in [0.1, 0.15) is 24.5 Å². The molecule has 2 N–H and O–H groups in total. The number of hydrogen-bond donors (Lipinski definition) is 2. The molecule has 0 aromatic heterocycles. The maximum atomic E-state index is 12.4. The van der Waals surface area contributed by atoms with E-state index in [4.69, 9.17) is 4.74 Å². The summed E-state index contributed by atoms with van der Waals surface area (Å²) in [5, 5.41) is 5.63. The molecule has 0 bridgehead atoms. The zero-order chi connectivity index (χ0) is 22.1. The summed E-state index contributed by atoms with van der Waals surface area (Å²) in [5.41, 5.74) is 1.94. The number of nitrogens with zero attached hydrogens (tertiary/aromatic N) is 1. The van der Waals surface area contributed by atoms with Crippen LogP contribution in [-0.4, -0.2) is 48.9 Å². The molecule has 7 nitrogen and oxygen atoms in total. The lowest BCUT2D eigenvalue weighted by molar-refractivity contribution is -0.129. The minimum atomic E-state index is -0.351. The van der Waals surface area contributed by atoms with E-state index in [0.717, 1.165) is 16.9 Å². The van der Waals surface area contributed by atoms with E-state index in [9.17, 15) is 14.4 Å². The Labute approximate surface area is 182 Å². The number of carbonyl (C=O) groups excluding carboxylic acids is 3. The smallest absolute Gasteiger partial charge is 0.225 e. The van der Waals surface area contributed by atoms with Gasteiger partial charge in [0.15, 0.2) is 0 Å². The number of amides is 3. The first kappa shape index (κ1) is 22.3. The van der Waals surface area contributed by atoms with E-state index in [0.29, 0.717) is 32.8 Å². The van der Waals surface area contributed by atoms with Gasteiger partial charge in [-0.05, 0) is 30.2 Å². The van der Waals surface area contributed by atoms with Crippen LogP contribution in [-0.2, 0) is 27.3 Å². The third-order valence-corrected chi connectivity index (χ3v) is 5.15. The molecule has 2 aromatic carbocycles. The van der Waals surface area contributed by atoms with Crippen molar-refractivity contribution in [2.24, 2.45) is 5.92 Å². The molecular formula is C24H29N3O4. The number of ether oxygens (including phenoxy) is 1. The van der Waals surface area contributed by atoms with E-state index >= 15 is 0 Å². The van der Waals surface area contributed by atoms with Gasteiger partial charge in [0.25, 0.3) is 0 Å². The molecule has 1 aliphatic rings. The van der Waals surface area contributed by atoms with Gasteiger partial charge in [0.1, 0.15) is 5.75 Å². The second-order valence-corrected chi connectivity index (χ2v) is 7.56. The third kappa shape index (κ3) is 6.84. The van der Waals surface area contributed by atoms with Gasteiger partial charge in [-0.25, -0.2) is 0 Å². The second-order valence-electron chi connectivity index (χ2n) is 7.56. The molecule has 0 saturated carbocycles. The van der Waals surface area contributed by atoms with Crippen molar-refractivity contribution in [1.29, 1.82) is 0 Å². The van der Waals surface area contributed by atoms with Crippen molar-refractivity contribution in [2.75, 3.05) is 26.2 Å². The molecule has 0 radical (unpaired) electrons. The largest absolute Gasteiger partial charge is 0.494 e. The molecule has 3 amide bonds. The fourth-order valence-electron chi connectivity index (χ4n) is 3.55. The Balaban J connectivity index is 1.34. The van der Waals surface area contributed by atoms with Crippen LogP contribution in [0.2, 0.25) is 0 Å². The van der Waals surface area contributed by atoms with Crippen molar-refractivity contribution in [1.82, 2.24) is 15.5 Å². The number of hydrogen-bond acceptors (Lipinski definition) is 4. The lowest BCUT2D eigenvalue weighted by Gasteiger charge is -2.16. The Hall–Kier alpha value is -3.35. The maximum Gasteiger partial charge on any atom is 0.225 e. The first-order valence-corrected chi connectivity index (χ1v) is 10.6. The van der Waals surface area contributed by atoms with Gasteiger partial charge < -0.3 is 20.3 Å². The van der Waals surface area contributed by atoms with Crippen LogP contribution < -0.4 is 15.4 Å². The second kappa shape index (κ2) is 11.2. The summed E-state index contributed by atoms with van der Waals surface area (Å²) in [6.07, 6.45) is 0.495. The normalized spacial score (nSPS) is 15.6. The van der Waals surface area contributed by atoms with Crippen LogP contribution >= 0.6 is 0 Å². The zero-order valence-corrected chi connectivity index (χ0v) is 17.8. The van der Waals surface area contributed by atoms with Crippen LogP contribution in [0.5, 0.6) is 5.75 Å². The lowest BCUT2D eigenvalue weighted by atomic mass is 10.1. The molecule has 0 aliphatic carbocycles. The molecule has 31 heavy (non-hydrogen) atoms. The first-order valence-electron chi connectivity index (χ1n) is 10.6. The van der Waals surface area contributed by atoms with Crippen LogP contribution in [0.3, 0.4) is 0 Å². The van der Waals surface area contributed by atoms with Crippen LogP contribution in [0.15, 0.2) is 54.6 Å². The standard InChI is InChI=1S/C24H29N3O4/c1-2-31-21-10-8-18(9-11-21)14-22(28)25-12-13-26-24(30)20-15-23(29)27(17-20)16-19-6-4-3-5-7-19/h3-11,20H,2,12-17H2,1H3,(H,25,28)(H,26,30). The summed E-state index contributed by atoms with van der Waals surface area (Å²) in [6, 6.07) is 17.2. The minimum Gasteiger partial charge on any atom is -0.494 e. The van der Waals surface area contributed by atoms with Crippen molar-refractivity contribution in [3.05, 3.63) is 65.7 Å². The van der Waals surface area contributed by atoms with Crippen LogP contribution in [0.4, 0.5) is 0 Å². The van der Waals surface area contributed by atoms with Crippen molar-refractivity contribution >= 4 is 17.7 Å². The summed E-state index contributed by atoms with van der Waals surface area (Å²) >= 11 is 0. The Bertz CT molecular complexity index is 883. The summed E-state index contributed by atoms with van der Waals surface area (Å²) in [7, 11) is 0. The third-order valence-electron chi connectivity index (χ3n) is 5.15. The molecule has 3 rings (SSSR count). The predicted molar refractivity (Wildman–Crippen MR) is 117 cm³/mol. The highest BCUT2D eigenvalue weighted by atomic mass is 16.5. The average Bonchev–Trinajstić information content (AvgIpc) is 3.14. The topological polar surface area (TPSA) is 87.7 Å². The summed E-state index contributed by atoms with van der Waals surface area (Å²) in [6.45, 7) is 4.14. The summed E-state index contributed by atoms with van der Waals surface area (Å²) < 4.78 is 5.39. The first-order chi connectivity index (χ1) is 15.0. The summed E-state index contributed by atoms with van der Waals surface area (Å²) in [5.74, 6) is 0.165. The molecular weight excluding hydrogens is 394 g/mol. The quantitative estimate of drug-likeness (QED) is 0.572. The van der Waals surface area contributed by atoms with Gasteiger partial charge in [0.2, 0.25) is 17.7 Å². The molecule has 1 unspecified atom stereocenters. The van der Waals surface area contributed by atoms with E-state index < -0.39 is 0 Å². The highest BCUT2D eigenvalue weighted by Crippen LogP contribution is 2.20. The molecule has 164 valence electrons. The van der Waals surface area contributed by atoms with E-state index in [1.807, 2.05) is 61.5 Å². The molecule has 1 saturated heterocycles. The average molecular weight is 424 g/mol. The van der Waals surface area contributed by atoms with Crippen molar-refractivity contribution in [3.8, 4) is 5.75 Å². The van der Waals surface area contributed by atoms with E-state index in [-0.39, 0.29) is 36.5 Å². The zero-order valence-electron chi connectivity index (χ0n) is 17.8. The van der Waals surface area contributed by atoms with Gasteiger partial charge in [-0.3, -0.25) is 14.4 Å². The highest BCUT2D eigenvalue weighted by molar-refractivity contribution is 5.89. The molecule has 1 heterocycles. The molecule has 1 atom stereocenters. The fourth-order valence-corrected chi connectivity index (χ4v) is 3.55. The van der Waals surface area contributed by atoms with E-state index in [1.165, 1.54) is 0 Å². The highest BCUT2D eigenvalue weighted by Gasteiger charge is 2.33. The summed E-state index contributed by atoms with van der Waals surface area (Å²) in [4.78, 5) is 38.4. The lowest BCUT2D eigenvalue weighted by Crippen LogP contribution is -2.38. The molecule has 0 spiro atoms. The van der Waals surface area contributed by atoms with Crippen LogP contribution in [0.25, 0.3) is 0 Å². The Morgan fingerprint density at radius 3 is 2.42 bits per heavy atom. The van der Waals surface area contributed by atoms with Gasteiger partial charge in [0, 0.05) is 32.6 Å². The van der Waals surface area contributed by atoms with Crippen molar-refractivity contribution < 1.29 is 19.1 Å². The molecule has 7 heteroatoms. The SMILES string of the molecule is CCOc1ccc(CC(=O)NCCNC(=O)C2CC(=O)N(Cc3ccccc3)C2)cc1. The fraction of sp³-hybridized carbons (Fsp3) is 0.375. The number of likely N-dealkylation sites (tertiary alicyclic amines) is 1. The molecule has 2 aromatic rings. The van der Waals surface area contributed by atoms with Crippen molar-refractivity contribution in [2.45, 2.75) is 26.3 Å². The number of benzene rings is 2. The predicted octanol–water partition coefficient (Wildman–Crippen LogP) is 1.91. The Morgan fingerprint density at radius 2 is 1.71 bits per heavy atom. The van der Waals surface area contributed by atoms with E-state index in [1.54, 1.807) is 4.90 Å². The van der Waals surface area contributed by atoms with Gasteiger partial charge >= 0.3 is 0 Å². The maximum absolute atomic E-state index is 12.4. The Kier molecular flexibility index (Phi) is 8.04. The van der Waals surface area contributed by atoms with Gasteiger partial charge in [-0.1, -0.05) is 42.5 Å². The van der Waals surface area contributed by atoms with Gasteiger partial charge in [-0.2, -0.15) is 0 Å². The number of carbonyl (C=O) groups is 3. The molecule has 1 aliphatic heterocycles. The minimum absolute atomic E-state index is 0.00680. The number of rotatable bonds is 10. The van der Waals surface area contributed by atoms with Gasteiger partial charge in [-0.15, -0.1) is 0 Å².